The van der Waals surface area contributed by atoms with E-state index in [0.29, 0.717) is 25.9 Å². The molecule has 0 unspecified atom stereocenters. The van der Waals surface area contributed by atoms with Gasteiger partial charge in [-0.1, -0.05) is 6.92 Å². The first kappa shape index (κ1) is 13.3. The summed E-state index contributed by atoms with van der Waals surface area (Å²) in [4.78, 5) is 27.7. The maximum atomic E-state index is 13.1. The number of thiophene rings is 1. The SMILES string of the molecule is [2H]c1sc2c(c1[2H])c(O)c(C(=O)NCCC([2H])([2H])N1CCC([2H])(C)CC1)c(=O)n2C([2H])(C)C. The van der Waals surface area contributed by atoms with Crippen molar-refractivity contribution in [2.45, 2.75) is 46.1 Å². The van der Waals surface area contributed by atoms with Gasteiger partial charge in [0.1, 0.15) is 16.1 Å². The number of amides is 1. The van der Waals surface area contributed by atoms with E-state index in [2.05, 4.69) is 5.32 Å². The van der Waals surface area contributed by atoms with E-state index in [0.717, 1.165) is 15.9 Å². The zero-order chi connectivity index (χ0) is 24.9. The third-order valence-electron chi connectivity index (χ3n) is 4.67. The van der Waals surface area contributed by atoms with E-state index in [9.17, 15) is 14.7 Å². The summed E-state index contributed by atoms with van der Waals surface area (Å²) in [6.45, 7) is 3.71. The molecule has 3 rings (SSSR count). The molecule has 2 aromatic rings. The van der Waals surface area contributed by atoms with Crippen LogP contribution in [0.2, 0.25) is 0 Å². The fourth-order valence-electron chi connectivity index (χ4n) is 3.11. The summed E-state index contributed by atoms with van der Waals surface area (Å²) >= 11 is 0.780. The number of nitrogens with zero attached hydrogens (tertiary/aromatic N) is 2. The number of likely N-dealkylation sites (tertiary alicyclic amines) is 1. The number of rotatable bonds is 6. The number of carbonyl (C=O) groups excluding carboxylic acids is 1. The van der Waals surface area contributed by atoms with Crippen molar-refractivity contribution in [2.24, 2.45) is 5.89 Å². The predicted octanol–water partition coefficient (Wildman–Crippen LogP) is 3.20. The summed E-state index contributed by atoms with van der Waals surface area (Å²) in [5.74, 6) is -2.20. The van der Waals surface area contributed by atoms with Crippen molar-refractivity contribution in [1.29, 1.82) is 0 Å². The highest BCUT2D eigenvalue weighted by atomic mass is 32.1. The van der Waals surface area contributed by atoms with Gasteiger partial charge in [0, 0.05) is 16.7 Å². The van der Waals surface area contributed by atoms with Crippen LogP contribution < -0.4 is 10.9 Å². The summed E-state index contributed by atoms with van der Waals surface area (Å²) in [5, 5.41) is 12.8. The lowest BCUT2D eigenvalue weighted by atomic mass is 9.99. The van der Waals surface area contributed by atoms with Gasteiger partial charge in [0.2, 0.25) is 0 Å². The second kappa shape index (κ2) is 8.44. The van der Waals surface area contributed by atoms with Gasteiger partial charge in [0.25, 0.3) is 11.5 Å². The Kier molecular flexibility index (Phi) is 4.17. The lowest BCUT2D eigenvalue weighted by Gasteiger charge is -2.30. The molecule has 2 N–H and O–H groups in total. The molecule has 3 heterocycles. The van der Waals surface area contributed by atoms with Crippen molar-refractivity contribution in [3.05, 3.63) is 27.3 Å². The number of hydrogen-bond donors (Lipinski definition) is 2. The van der Waals surface area contributed by atoms with Crippen molar-refractivity contribution < 1.29 is 18.1 Å². The number of aromatic nitrogens is 1. The van der Waals surface area contributed by atoms with Crippen LogP contribution in [0.3, 0.4) is 0 Å². The van der Waals surface area contributed by atoms with Crippen LogP contribution in [0.15, 0.2) is 16.2 Å². The van der Waals surface area contributed by atoms with Gasteiger partial charge in [-0.05, 0) is 70.0 Å². The molecule has 7 heteroatoms. The van der Waals surface area contributed by atoms with Gasteiger partial charge in [0.05, 0.1) is 9.50 Å². The lowest BCUT2D eigenvalue weighted by Crippen LogP contribution is -2.37. The third kappa shape index (κ3) is 4.19. The number of pyridine rings is 1. The smallest absolute Gasteiger partial charge is 0.268 e. The van der Waals surface area contributed by atoms with Crippen LogP contribution >= 0.6 is 11.3 Å². The molecule has 1 aliphatic heterocycles. The minimum absolute atomic E-state index is 0.0619. The third-order valence-corrected chi connectivity index (χ3v) is 5.45. The van der Waals surface area contributed by atoms with Gasteiger partial charge < -0.3 is 15.3 Å². The van der Waals surface area contributed by atoms with Crippen molar-refractivity contribution in [2.75, 3.05) is 26.1 Å². The highest BCUT2D eigenvalue weighted by Gasteiger charge is 2.23. The van der Waals surface area contributed by atoms with Crippen LogP contribution in [0.4, 0.5) is 0 Å². The highest BCUT2D eigenvalue weighted by Crippen LogP contribution is 2.31. The molecule has 27 heavy (non-hydrogen) atoms. The maximum Gasteiger partial charge on any atom is 0.268 e. The Morgan fingerprint density at radius 2 is 2.26 bits per heavy atom. The van der Waals surface area contributed by atoms with E-state index in [4.69, 9.17) is 8.22 Å². The molecule has 0 aliphatic carbocycles. The Morgan fingerprint density at radius 1 is 1.56 bits per heavy atom. The summed E-state index contributed by atoms with van der Waals surface area (Å²) in [6.07, 6.45) is 1.03. The van der Waals surface area contributed by atoms with Crippen LogP contribution in [-0.4, -0.2) is 46.6 Å². The van der Waals surface area contributed by atoms with Crippen molar-refractivity contribution in [1.82, 2.24) is 14.8 Å². The first-order chi connectivity index (χ1) is 15.1. The Morgan fingerprint density at radius 3 is 2.93 bits per heavy atom. The van der Waals surface area contributed by atoms with E-state index < -0.39 is 41.2 Å². The zero-order valence-electron chi connectivity index (χ0n) is 21.8. The molecular weight excluding hydrogens is 362 g/mol. The van der Waals surface area contributed by atoms with Crippen molar-refractivity contribution >= 4 is 27.5 Å². The monoisotopic (exact) mass is 397 g/mol. The average Bonchev–Trinajstić information content (AvgIpc) is 2.94. The number of fused-ring (bicyclic) bond motifs is 1. The number of aromatic hydroxyl groups is 1. The van der Waals surface area contributed by atoms with Crippen LogP contribution in [0.25, 0.3) is 10.2 Å². The maximum absolute atomic E-state index is 13.1. The Labute approximate surface area is 172 Å². The summed E-state index contributed by atoms with van der Waals surface area (Å²) in [7, 11) is 0. The fraction of sp³-hybridized carbons (Fsp3) is 0.600. The molecular formula is C20H29N3O3S. The van der Waals surface area contributed by atoms with Crippen LogP contribution in [-0.2, 0) is 0 Å². The summed E-state index contributed by atoms with van der Waals surface area (Å²) in [5.41, 5.74) is -1.54. The van der Waals surface area contributed by atoms with Gasteiger partial charge in [-0.25, -0.2) is 0 Å². The number of nitrogens with one attached hydrogen (secondary N) is 1. The summed E-state index contributed by atoms with van der Waals surface area (Å²) in [6, 6.07) is -1.85. The van der Waals surface area contributed by atoms with Crippen LogP contribution in [0.5, 0.6) is 5.75 Å². The topological polar surface area (TPSA) is 74.6 Å². The molecule has 0 atom stereocenters. The first-order valence-corrected chi connectivity index (χ1v) is 9.80. The largest absolute Gasteiger partial charge is 0.506 e. The van der Waals surface area contributed by atoms with E-state index >= 15 is 0 Å². The Bertz CT molecular complexity index is 1130. The minimum atomic E-state index is -1.72. The van der Waals surface area contributed by atoms with Gasteiger partial charge in [0.15, 0.2) is 0 Å². The lowest BCUT2D eigenvalue weighted by molar-refractivity contribution is 0.0946. The second-order valence-corrected chi connectivity index (χ2v) is 7.72. The van der Waals surface area contributed by atoms with Crippen LogP contribution in [0.1, 0.15) is 64.6 Å². The molecule has 0 bridgehead atoms. The molecule has 148 valence electrons. The minimum Gasteiger partial charge on any atom is -0.506 e. The second-order valence-electron chi connectivity index (χ2n) is 6.93. The van der Waals surface area contributed by atoms with Gasteiger partial charge >= 0.3 is 0 Å². The normalized spacial score (nSPS) is 21.6. The molecule has 0 spiro atoms. The fourth-order valence-corrected chi connectivity index (χ4v) is 3.97. The summed E-state index contributed by atoms with van der Waals surface area (Å²) < 4.78 is 50.0. The number of hydrogen-bond acceptors (Lipinski definition) is 5. The van der Waals surface area contributed by atoms with E-state index in [1.165, 1.54) is 13.8 Å². The van der Waals surface area contributed by atoms with Gasteiger partial charge in [-0.2, -0.15) is 0 Å². The molecule has 1 amide bonds. The van der Waals surface area contributed by atoms with E-state index in [1.54, 1.807) is 4.90 Å². The van der Waals surface area contributed by atoms with Crippen molar-refractivity contribution in [3.63, 3.8) is 0 Å². The van der Waals surface area contributed by atoms with E-state index in [-0.39, 0.29) is 34.6 Å². The Hall–Kier alpha value is -1.86. The predicted molar refractivity (Wildman–Crippen MR) is 110 cm³/mol. The average molecular weight is 398 g/mol. The number of carbonyl (C=O) groups is 1. The Balaban J connectivity index is 1.84. The number of piperidine rings is 1. The molecule has 0 aromatic carbocycles. The molecule has 0 saturated carbocycles. The van der Waals surface area contributed by atoms with Gasteiger partial charge in [-0.3, -0.25) is 14.2 Å². The first-order valence-electron chi connectivity index (χ1n) is 12.0. The molecule has 0 radical (unpaired) electrons. The van der Waals surface area contributed by atoms with Crippen LogP contribution in [0, 0.1) is 5.89 Å². The quantitative estimate of drug-likeness (QED) is 0.785. The molecule has 2 aromatic heterocycles. The molecule has 1 fully saturated rings. The molecule has 1 aliphatic rings. The molecule has 1 saturated heterocycles. The van der Waals surface area contributed by atoms with E-state index in [1.807, 2.05) is 6.92 Å². The van der Waals surface area contributed by atoms with Crippen molar-refractivity contribution in [3.8, 4) is 5.75 Å². The zero-order valence-corrected chi connectivity index (χ0v) is 16.6. The molecule has 6 nitrogen and oxygen atoms in total. The van der Waals surface area contributed by atoms with Gasteiger partial charge in [-0.15, -0.1) is 11.3 Å². The highest BCUT2D eigenvalue weighted by molar-refractivity contribution is 7.16. The standard InChI is InChI=1S/C20H29N3O3S/c1-13(2)23-19(26)16(17(24)15-7-12-27-20(15)23)18(25)21-8-4-9-22-10-5-14(3)6-11-22/h7,12-14,24H,4-6,8-11H2,1-3H3,(H,21,25)/i7D,9D2,12D,13D,14D.